The van der Waals surface area contributed by atoms with Crippen molar-refractivity contribution in [1.82, 2.24) is 15.0 Å². The van der Waals surface area contributed by atoms with Crippen LogP contribution < -0.4 is 10.2 Å². The van der Waals surface area contributed by atoms with Crippen molar-refractivity contribution in [2.45, 2.75) is 0 Å². The first-order valence-electron chi connectivity index (χ1n) is 6.47. The number of nitrogens with one attached hydrogen (secondary N) is 1. The van der Waals surface area contributed by atoms with Crippen molar-refractivity contribution in [2.75, 3.05) is 24.3 Å². The van der Waals surface area contributed by atoms with E-state index in [1.165, 1.54) is 0 Å². The Labute approximate surface area is 131 Å². The molecule has 106 valence electrons. The molecule has 0 atom stereocenters. The Morgan fingerprint density at radius 3 is 2.71 bits per heavy atom. The molecule has 1 aromatic carbocycles. The van der Waals surface area contributed by atoms with E-state index in [-0.39, 0.29) is 0 Å². The topological polar surface area (TPSA) is 53.9 Å². The summed E-state index contributed by atoms with van der Waals surface area (Å²) in [6.07, 6.45) is 3.56. The first-order chi connectivity index (χ1) is 10.2. The van der Waals surface area contributed by atoms with Gasteiger partial charge in [0.25, 0.3) is 0 Å². The standard InChI is InChI=1S/C15H14BrN5/c1-17-14-7-13-10(8-18-14)9-19-15(20-13)21(2)12-5-3-4-11(16)6-12/h3-9H,1-2H3,(H,17,18). The molecule has 0 spiro atoms. The van der Waals surface area contributed by atoms with Crippen LogP contribution in [0.4, 0.5) is 17.5 Å². The zero-order valence-corrected chi connectivity index (χ0v) is 13.3. The molecule has 2 aromatic heterocycles. The maximum atomic E-state index is 4.61. The maximum absolute atomic E-state index is 4.61. The smallest absolute Gasteiger partial charge is 0.230 e. The van der Waals surface area contributed by atoms with Crippen LogP contribution in [-0.2, 0) is 0 Å². The highest BCUT2D eigenvalue weighted by Gasteiger charge is 2.09. The molecule has 2 heterocycles. The fraction of sp³-hybridized carbons (Fsp3) is 0.133. The number of hydrogen-bond acceptors (Lipinski definition) is 5. The van der Waals surface area contributed by atoms with Gasteiger partial charge in [0.15, 0.2) is 0 Å². The molecular weight excluding hydrogens is 330 g/mol. The Hall–Kier alpha value is -2.21. The minimum absolute atomic E-state index is 0.647. The van der Waals surface area contributed by atoms with E-state index < -0.39 is 0 Å². The van der Waals surface area contributed by atoms with Gasteiger partial charge in [0, 0.05) is 48.1 Å². The van der Waals surface area contributed by atoms with E-state index >= 15 is 0 Å². The van der Waals surface area contributed by atoms with Gasteiger partial charge in [0.05, 0.1) is 5.52 Å². The molecule has 3 aromatic rings. The molecule has 0 aliphatic rings. The highest BCUT2D eigenvalue weighted by molar-refractivity contribution is 9.10. The molecule has 3 rings (SSSR count). The second-order valence-corrected chi connectivity index (χ2v) is 5.50. The van der Waals surface area contributed by atoms with Crippen LogP contribution in [0.25, 0.3) is 10.9 Å². The lowest BCUT2D eigenvalue weighted by Crippen LogP contribution is -2.13. The van der Waals surface area contributed by atoms with E-state index in [9.17, 15) is 0 Å². The summed E-state index contributed by atoms with van der Waals surface area (Å²) in [6, 6.07) is 9.93. The van der Waals surface area contributed by atoms with Crippen LogP contribution >= 0.6 is 15.9 Å². The number of pyridine rings is 1. The highest BCUT2D eigenvalue weighted by Crippen LogP contribution is 2.25. The number of rotatable bonds is 3. The number of hydrogen-bond donors (Lipinski definition) is 1. The number of aromatic nitrogens is 3. The van der Waals surface area contributed by atoms with E-state index in [0.717, 1.165) is 26.9 Å². The maximum Gasteiger partial charge on any atom is 0.230 e. The highest BCUT2D eigenvalue weighted by atomic mass is 79.9. The molecule has 0 saturated heterocycles. The van der Waals surface area contributed by atoms with Crippen molar-refractivity contribution >= 4 is 44.3 Å². The summed E-state index contributed by atoms with van der Waals surface area (Å²) in [4.78, 5) is 15.2. The van der Waals surface area contributed by atoms with E-state index in [1.807, 2.05) is 49.3 Å². The summed E-state index contributed by atoms with van der Waals surface area (Å²) in [5, 5.41) is 3.93. The normalized spacial score (nSPS) is 10.6. The SMILES string of the molecule is CNc1cc2nc(N(C)c3cccc(Br)c3)ncc2cn1. The molecule has 0 saturated carbocycles. The molecular formula is C15H14BrN5. The van der Waals surface area contributed by atoms with Gasteiger partial charge in [0.1, 0.15) is 5.82 Å². The first-order valence-corrected chi connectivity index (χ1v) is 7.26. The molecule has 5 nitrogen and oxygen atoms in total. The van der Waals surface area contributed by atoms with Crippen LogP contribution in [0.1, 0.15) is 0 Å². The van der Waals surface area contributed by atoms with Gasteiger partial charge in [-0.05, 0) is 18.2 Å². The molecule has 0 aliphatic carbocycles. The van der Waals surface area contributed by atoms with Crippen LogP contribution in [0.3, 0.4) is 0 Å². The molecule has 6 heteroatoms. The van der Waals surface area contributed by atoms with E-state index in [0.29, 0.717) is 5.95 Å². The lowest BCUT2D eigenvalue weighted by molar-refractivity contribution is 1.06. The molecule has 0 amide bonds. The van der Waals surface area contributed by atoms with Crippen molar-refractivity contribution in [2.24, 2.45) is 0 Å². The lowest BCUT2D eigenvalue weighted by atomic mass is 10.3. The van der Waals surface area contributed by atoms with Gasteiger partial charge in [0.2, 0.25) is 5.95 Å². The first kappa shape index (κ1) is 13.8. The second kappa shape index (κ2) is 5.65. The van der Waals surface area contributed by atoms with Crippen LogP contribution in [0.5, 0.6) is 0 Å². The summed E-state index contributed by atoms with van der Waals surface area (Å²) in [6.45, 7) is 0. The largest absolute Gasteiger partial charge is 0.373 e. The van der Waals surface area contributed by atoms with Crippen molar-refractivity contribution < 1.29 is 0 Å². The zero-order valence-electron chi connectivity index (χ0n) is 11.7. The van der Waals surface area contributed by atoms with Gasteiger partial charge in [-0.3, -0.25) is 0 Å². The number of fused-ring (bicyclic) bond motifs is 1. The van der Waals surface area contributed by atoms with Gasteiger partial charge in [-0.2, -0.15) is 0 Å². The number of anilines is 3. The van der Waals surface area contributed by atoms with Crippen molar-refractivity contribution in [1.29, 1.82) is 0 Å². The average Bonchev–Trinajstić information content (AvgIpc) is 2.53. The Morgan fingerprint density at radius 2 is 1.95 bits per heavy atom. The van der Waals surface area contributed by atoms with Gasteiger partial charge in [-0.1, -0.05) is 22.0 Å². The predicted octanol–water partition coefficient (Wildman–Crippen LogP) is 3.60. The fourth-order valence-electron chi connectivity index (χ4n) is 2.01. The van der Waals surface area contributed by atoms with Gasteiger partial charge in [-0.25, -0.2) is 15.0 Å². The van der Waals surface area contributed by atoms with Gasteiger partial charge >= 0.3 is 0 Å². The van der Waals surface area contributed by atoms with Crippen LogP contribution in [-0.4, -0.2) is 29.0 Å². The van der Waals surface area contributed by atoms with E-state index in [2.05, 4.69) is 36.2 Å². The Balaban J connectivity index is 2.03. The molecule has 21 heavy (non-hydrogen) atoms. The molecule has 0 bridgehead atoms. The second-order valence-electron chi connectivity index (χ2n) is 4.59. The van der Waals surface area contributed by atoms with Crippen LogP contribution in [0.2, 0.25) is 0 Å². The summed E-state index contributed by atoms with van der Waals surface area (Å²) in [5.41, 5.74) is 1.88. The van der Waals surface area contributed by atoms with Crippen molar-refractivity contribution in [3.63, 3.8) is 0 Å². The molecule has 1 N–H and O–H groups in total. The zero-order chi connectivity index (χ0) is 14.8. The number of halogens is 1. The van der Waals surface area contributed by atoms with Gasteiger partial charge < -0.3 is 10.2 Å². The van der Waals surface area contributed by atoms with E-state index in [4.69, 9.17) is 0 Å². The monoisotopic (exact) mass is 343 g/mol. The molecule has 0 aliphatic heterocycles. The number of nitrogens with zero attached hydrogens (tertiary/aromatic N) is 4. The van der Waals surface area contributed by atoms with Crippen LogP contribution in [0.15, 0.2) is 47.2 Å². The average molecular weight is 344 g/mol. The molecule has 0 fully saturated rings. The third-order valence-corrected chi connectivity index (χ3v) is 3.70. The lowest BCUT2D eigenvalue weighted by Gasteiger charge is -2.17. The summed E-state index contributed by atoms with van der Waals surface area (Å²) < 4.78 is 1.02. The predicted molar refractivity (Wildman–Crippen MR) is 89.1 cm³/mol. The third-order valence-electron chi connectivity index (χ3n) is 3.20. The third kappa shape index (κ3) is 2.80. The minimum atomic E-state index is 0.647. The Morgan fingerprint density at radius 1 is 1.14 bits per heavy atom. The van der Waals surface area contributed by atoms with E-state index in [1.54, 1.807) is 12.4 Å². The van der Waals surface area contributed by atoms with Crippen molar-refractivity contribution in [3.8, 4) is 0 Å². The van der Waals surface area contributed by atoms with Crippen LogP contribution in [0, 0.1) is 0 Å². The Bertz CT molecular complexity index is 790. The molecule has 0 radical (unpaired) electrons. The molecule has 0 unspecified atom stereocenters. The Kier molecular flexibility index (Phi) is 3.70. The van der Waals surface area contributed by atoms with Gasteiger partial charge in [-0.15, -0.1) is 0 Å². The fourth-order valence-corrected chi connectivity index (χ4v) is 2.40. The van der Waals surface area contributed by atoms with Crippen molar-refractivity contribution in [3.05, 3.63) is 47.2 Å². The summed E-state index contributed by atoms with van der Waals surface area (Å²) in [7, 11) is 3.78. The number of benzene rings is 1. The minimum Gasteiger partial charge on any atom is -0.373 e. The summed E-state index contributed by atoms with van der Waals surface area (Å²) >= 11 is 3.48. The quantitative estimate of drug-likeness (QED) is 0.787. The summed E-state index contributed by atoms with van der Waals surface area (Å²) in [5.74, 6) is 1.44.